The van der Waals surface area contributed by atoms with E-state index >= 15 is 0 Å². The van der Waals surface area contributed by atoms with Crippen molar-refractivity contribution >= 4 is 22.5 Å². The lowest BCUT2D eigenvalue weighted by Gasteiger charge is -2.07. The predicted octanol–water partition coefficient (Wildman–Crippen LogP) is 2.95. The average molecular weight is 223 g/mol. The molecular weight excluding hydrogens is 208 g/mol. The Morgan fingerprint density at radius 1 is 1.33 bits per heavy atom. The fourth-order valence-corrected chi connectivity index (χ4v) is 2.06. The smallest absolute Gasteiger partial charge is 0.0524 e. The van der Waals surface area contributed by atoms with Crippen molar-refractivity contribution in [3.8, 4) is 0 Å². The Bertz CT molecular complexity index is 474. The fraction of sp³-hybridized carbons (Fsp3) is 0.333. The fourth-order valence-electron chi connectivity index (χ4n) is 1.90. The number of nitrogens with two attached hydrogens (primary N) is 1. The molecule has 0 aliphatic rings. The lowest BCUT2D eigenvalue weighted by molar-refractivity contribution is 0.670. The van der Waals surface area contributed by atoms with Gasteiger partial charge in [-0.25, -0.2) is 0 Å². The van der Waals surface area contributed by atoms with Crippen molar-refractivity contribution in [1.82, 2.24) is 4.57 Å². The molecule has 80 valence electrons. The topological polar surface area (TPSA) is 30.9 Å². The molecule has 1 aromatic carbocycles. The lowest BCUT2D eigenvalue weighted by atomic mass is 10.1. The van der Waals surface area contributed by atoms with Crippen LogP contribution in [0.1, 0.15) is 12.0 Å². The Morgan fingerprint density at radius 3 is 2.87 bits per heavy atom. The highest BCUT2D eigenvalue weighted by molar-refractivity contribution is 6.32. The number of benzene rings is 1. The van der Waals surface area contributed by atoms with E-state index in [9.17, 15) is 0 Å². The minimum atomic E-state index is 0.722. The first-order chi connectivity index (χ1) is 7.24. The number of fused-ring (bicyclic) bond motifs is 1. The molecule has 2 rings (SSSR count). The maximum atomic E-state index is 6.11. The monoisotopic (exact) mass is 222 g/mol. The van der Waals surface area contributed by atoms with E-state index in [1.807, 2.05) is 6.07 Å². The molecule has 0 saturated carbocycles. The van der Waals surface area contributed by atoms with Crippen LogP contribution in [-0.2, 0) is 6.54 Å². The Morgan fingerprint density at radius 2 is 2.13 bits per heavy atom. The molecule has 2 N–H and O–H groups in total. The van der Waals surface area contributed by atoms with Gasteiger partial charge in [0.05, 0.1) is 5.52 Å². The van der Waals surface area contributed by atoms with Crippen LogP contribution in [0.4, 0.5) is 0 Å². The van der Waals surface area contributed by atoms with Crippen molar-refractivity contribution in [3.05, 3.63) is 35.0 Å². The van der Waals surface area contributed by atoms with Gasteiger partial charge in [0.25, 0.3) is 0 Å². The molecule has 1 aromatic heterocycles. The van der Waals surface area contributed by atoms with E-state index < -0.39 is 0 Å². The third kappa shape index (κ3) is 1.87. The van der Waals surface area contributed by atoms with Gasteiger partial charge in [0.15, 0.2) is 0 Å². The Labute approximate surface area is 94.6 Å². The molecule has 0 amide bonds. The van der Waals surface area contributed by atoms with Gasteiger partial charge in [-0.05, 0) is 43.0 Å². The highest BCUT2D eigenvalue weighted by Gasteiger charge is 2.06. The summed E-state index contributed by atoms with van der Waals surface area (Å²) in [6, 6.07) is 6.13. The SMILES string of the molecule is Cc1c(Cl)ccc2ccn(CCCN)c12. The number of hydrogen-bond acceptors (Lipinski definition) is 1. The van der Waals surface area contributed by atoms with Gasteiger partial charge in [0.1, 0.15) is 0 Å². The summed E-state index contributed by atoms with van der Waals surface area (Å²) in [7, 11) is 0. The number of aromatic nitrogens is 1. The summed E-state index contributed by atoms with van der Waals surface area (Å²) >= 11 is 6.11. The maximum Gasteiger partial charge on any atom is 0.0524 e. The molecule has 0 saturated heterocycles. The van der Waals surface area contributed by atoms with Crippen molar-refractivity contribution in [2.45, 2.75) is 19.9 Å². The van der Waals surface area contributed by atoms with E-state index in [4.69, 9.17) is 17.3 Å². The van der Waals surface area contributed by atoms with Gasteiger partial charge in [-0.2, -0.15) is 0 Å². The average Bonchev–Trinajstić information content (AvgIpc) is 2.64. The van der Waals surface area contributed by atoms with E-state index in [1.54, 1.807) is 0 Å². The van der Waals surface area contributed by atoms with Gasteiger partial charge in [0.2, 0.25) is 0 Å². The van der Waals surface area contributed by atoms with Gasteiger partial charge in [-0.1, -0.05) is 17.7 Å². The van der Waals surface area contributed by atoms with Gasteiger partial charge >= 0.3 is 0 Å². The minimum absolute atomic E-state index is 0.722. The molecule has 0 bridgehead atoms. The summed E-state index contributed by atoms with van der Waals surface area (Å²) in [5.41, 5.74) is 7.90. The minimum Gasteiger partial charge on any atom is -0.347 e. The van der Waals surface area contributed by atoms with Crippen LogP contribution in [-0.4, -0.2) is 11.1 Å². The van der Waals surface area contributed by atoms with E-state index in [0.717, 1.165) is 30.1 Å². The Hall–Kier alpha value is -0.990. The zero-order chi connectivity index (χ0) is 10.8. The summed E-state index contributed by atoms with van der Waals surface area (Å²) < 4.78 is 2.23. The van der Waals surface area contributed by atoms with Crippen LogP contribution >= 0.6 is 11.6 Å². The van der Waals surface area contributed by atoms with Crippen LogP contribution in [0.3, 0.4) is 0 Å². The van der Waals surface area contributed by atoms with Crippen LogP contribution in [0.5, 0.6) is 0 Å². The molecule has 0 atom stereocenters. The van der Waals surface area contributed by atoms with Gasteiger partial charge in [-0.15, -0.1) is 0 Å². The van der Waals surface area contributed by atoms with E-state index in [-0.39, 0.29) is 0 Å². The first-order valence-electron chi connectivity index (χ1n) is 5.18. The number of nitrogens with zero attached hydrogens (tertiary/aromatic N) is 1. The van der Waals surface area contributed by atoms with E-state index in [0.29, 0.717) is 0 Å². The maximum absolute atomic E-state index is 6.11. The first-order valence-corrected chi connectivity index (χ1v) is 5.56. The van der Waals surface area contributed by atoms with Gasteiger partial charge < -0.3 is 10.3 Å². The molecule has 0 fully saturated rings. The number of halogens is 1. The van der Waals surface area contributed by atoms with Crippen LogP contribution < -0.4 is 5.73 Å². The van der Waals surface area contributed by atoms with Crippen LogP contribution in [0.15, 0.2) is 24.4 Å². The van der Waals surface area contributed by atoms with Gasteiger partial charge in [-0.3, -0.25) is 0 Å². The highest BCUT2D eigenvalue weighted by Crippen LogP contribution is 2.26. The van der Waals surface area contributed by atoms with Crippen molar-refractivity contribution in [1.29, 1.82) is 0 Å². The molecule has 0 aliphatic heterocycles. The molecule has 15 heavy (non-hydrogen) atoms. The quantitative estimate of drug-likeness (QED) is 0.851. The molecule has 2 aromatic rings. The van der Waals surface area contributed by atoms with Crippen LogP contribution in [0, 0.1) is 6.92 Å². The third-order valence-electron chi connectivity index (χ3n) is 2.72. The van der Waals surface area contributed by atoms with Gasteiger partial charge in [0, 0.05) is 17.8 Å². The van der Waals surface area contributed by atoms with Crippen molar-refractivity contribution in [3.63, 3.8) is 0 Å². The van der Waals surface area contributed by atoms with Crippen molar-refractivity contribution in [2.24, 2.45) is 5.73 Å². The van der Waals surface area contributed by atoms with Crippen molar-refractivity contribution in [2.75, 3.05) is 6.54 Å². The van der Waals surface area contributed by atoms with Crippen LogP contribution in [0.2, 0.25) is 5.02 Å². The predicted molar refractivity (Wildman–Crippen MR) is 65.4 cm³/mol. The van der Waals surface area contributed by atoms with Crippen molar-refractivity contribution < 1.29 is 0 Å². The number of aryl methyl sites for hydroxylation is 2. The lowest BCUT2D eigenvalue weighted by Crippen LogP contribution is -2.05. The summed E-state index contributed by atoms with van der Waals surface area (Å²) in [6.45, 7) is 3.74. The van der Waals surface area contributed by atoms with E-state index in [1.165, 1.54) is 10.9 Å². The largest absolute Gasteiger partial charge is 0.347 e. The second-order valence-corrected chi connectivity index (χ2v) is 4.17. The summed E-state index contributed by atoms with van der Waals surface area (Å²) in [5.74, 6) is 0. The van der Waals surface area contributed by atoms with E-state index in [2.05, 4.69) is 29.8 Å². The molecule has 1 heterocycles. The summed E-state index contributed by atoms with van der Waals surface area (Å²) in [4.78, 5) is 0. The third-order valence-corrected chi connectivity index (χ3v) is 3.13. The number of hydrogen-bond donors (Lipinski definition) is 1. The highest BCUT2D eigenvalue weighted by atomic mass is 35.5. The normalized spacial score (nSPS) is 11.1. The molecule has 0 radical (unpaired) electrons. The Kier molecular flexibility index (Phi) is 2.98. The zero-order valence-corrected chi connectivity index (χ0v) is 9.59. The second kappa shape index (κ2) is 4.25. The standard InChI is InChI=1S/C12H15ClN2/c1-9-11(13)4-3-10-5-8-15(12(9)10)7-2-6-14/h3-5,8H,2,6-7,14H2,1H3. The molecule has 2 nitrogen and oxygen atoms in total. The summed E-state index contributed by atoms with van der Waals surface area (Å²) in [5, 5.41) is 2.07. The van der Waals surface area contributed by atoms with Crippen LogP contribution in [0.25, 0.3) is 10.9 Å². The Balaban J connectivity index is 2.51. The second-order valence-electron chi connectivity index (χ2n) is 3.76. The summed E-state index contributed by atoms with van der Waals surface area (Å²) in [6.07, 6.45) is 3.10. The molecule has 3 heteroatoms. The molecule has 0 unspecified atom stereocenters. The number of rotatable bonds is 3. The first kappa shape index (κ1) is 10.5. The molecule has 0 aliphatic carbocycles. The molecule has 0 spiro atoms. The molecular formula is C12H15ClN2. The zero-order valence-electron chi connectivity index (χ0n) is 8.83.